The number of imide groups is 1. The third kappa shape index (κ3) is 3.32. The number of rotatable bonds is 4. The molecule has 1 aromatic carbocycles. The normalized spacial score (nSPS) is 21.1. The van der Waals surface area contributed by atoms with Crippen molar-refractivity contribution in [2.75, 3.05) is 46.4 Å². The van der Waals surface area contributed by atoms with Crippen molar-refractivity contribution < 1.29 is 18.9 Å². The number of hydrogen-bond acceptors (Lipinski definition) is 5. The molecule has 0 radical (unpaired) electrons. The van der Waals surface area contributed by atoms with Crippen LogP contribution in [0.1, 0.15) is 17.3 Å². The SMILES string of the molecule is Cc1ccc(-n2c(C)c[n+]3c2N=C2C3C(=O)N(CCN3CCOCC3)C(=O)N2C)cc1Cl. The lowest BCUT2D eigenvalue weighted by molar-refractivity contribution is -0.676. The molecule has 168 valence electrons. The van der Waals surface area contributed by atoms with Gasteiger partial charge in [-0.25, -0.2) is 9.36 Å². The fourth-order valence-corrected chi connectivity index (χ4v) is 4.67. The molecule has 0 bridgehead atoms. The summed E-state index contributed by atoms with van der Waals surface area (Å²) in [5.74, 6) is 0.804. The Balaban J connectivity index is 1.47. The zero-order valence-corrected chi connectivity index (χ0v) is 19.2. The van der Waals surface area contributed by atoms with Crippen LogP contribution >= 0.6 is 11.6 Å². The second-order valence-electron chi connectivity index (χ2n) is 8.40. The average Bonchev–Trinajstić information content (AvgIpc) is 3.29. The van der Waals surface area contributed by atoms with Crippen LogP contribution in [0, 0.1) is 13.8 Å². The number of halogens is 1. The van der Waals surface area contributed by atoms with Crippen molar-refractivity contribution in [2.45, 2.75) is 19.9 Å². The molecule has 3 aliphatic rings. The summed E-state index contributed by atoms with van der Waals surface area (Å²) < 4.78 is 9.19. The van der Waals surface area contributed by atoms with Gasteiger partial charge in [-0.2, -0.15) is 4.57 Å². The maximum Gasteiger partial charge on any atom is 0.406 e. The molecular formula is C22H26ClN6O3+. The molecular weight excluding hydrogens is 432 g/mol. The smallest absolute Gasteiger partial charge is 0.379 e. The minimum Gasteiger partial charge on any atom is -0.379 e. The van der Waals surface area contributed by atoms with Gasteiger partial charge in [0.05, 0.1) is 13.2 Å². The molecule has 9 nitrogen and oxygen atoms in total. The highest BCUT2D eigenvalue weighted by Gasteiger charge is 2.53. The maximum atomic E-state index is 13.5. The van der Waals surface area contributed by atoms with Crippen molar-refractivity contribution in [3.8, 4) is 5.69 Å². The number of likely N-dealkylation sites (N-methyl/N-ethyl adjacent to an activating group) is 1. The Labute approximate surface area is 191 Å². The van der Waals surface area contributed by atoms with E-state index in [0.717, 1.165) is 30.0 Å². The molecule has 2 saturated heterocycles. The summed E-state index contributed by atoms with van der Waals surface area (Å²) in [4.78, 5) is 36.2. The Morgan fingerprint density at radius 2 is 1.94 bits per heavy atom. The number of aryl methyl sites for hydroxylation is 2. The lowest BCUT2D eigenvalue weighted by Gasteiger charge is -2.35. The number of nitrogens with zero attached hydrogens (tertiary/aromatic N) is 6. The topological polar surface area (TPSA) is 74.3 Å². The molecule has 2 aromatic rings. The highest BCUT2D eigenvalue weighted by atomic mass is 35.5. The Morgan fingerprint density at radius 1 is 1.19 bits per heavy atom. The van der Waals surface area contributed by atoms with Crippen LogP contribution in [-0.4, -0.2) is 83.5 Å². The highest BCUT2D eigenvalue weighted by Crippen LogP contribution is 2.32. The first-order valence-electron chi connectivity index (χ1n) is 10.7. The van der Waals surface area contributed by atoms with Gasteiger partial charge in [0.25, 0.3) is 5.91 Å². The quantitative estimate of drug-likeness (QED) is 0.657. The van der Waals surface area contributed by atoms with Crippen molar-refractivity contribution in [2.24, 2.45) is 4.99 Å². The van der Waals surface area contributed by atoms with E-state index in [-0.39, 0.29) is 11.9 Å². The van der Waals surface area contributed by atoms with Crippen LogP contribution in [0.15, 0.2) is 29.4 Å². The fourth-order valence-electron chi connectivity index (χ4n) is 4.50. The zero-order chi connectivity index (χ0) is 22.6. The van der Waals surface area contributed by atoms with Crippen molar-refractivity contribution >= 4 is 35.3 Å². The minimum absolute atomic E-state index is 0.247. The number of imidazole rings is 1. The molecule has 1 atom stereocenters. The molecule has 10 heteroatoms. The molecule has 2 fully saturated rings. The third-order valence-corrected chi connectivity index (χ3v) is 6.77. The van der Waals surface area contributed by atoms with Gasteiger partial charge < -0.3 is 4.74 Å². The van der Waals surface area contributed by atoms with E-state index in [0.29, 0.717) is 43.1 Å². The maximum absolute atomic E-state index is 13.5. The lowest BCUT2D eigenvalue weighted by atomic mass is 10.1. The van der Waals surface area contributed by atoms with E-state index in [4.69, 9.17) is 21.3 Å². The van der Waals surface area contributed by atoms with Crippen LogP contribution in [0.2, 0.25) is 5.02 Å². The summed E-state index contributed by atoms with van der Waals surface area (Å²) in [6, 6.07) is 4.82. The van der Waals surface area contributed by atoms with E-state index in [1.54, 1.807) is 7.05 Å². The summed E-state index contributed by atoms with van der Waals surface area (Å²) in [7, 11) is 1.68. The number of amidine groups is 1. The number of fused-ring (bicyclic) bond motifs is 3. The standard InChI is InChI=1S/C22H26ClN6O3/c1-14-4-5-16(12-17(14)23)29-15(2)13-28-18-19(24-21(28)29)25(3)22(31)27(20(18)30)7-6-26-8-10-32-11-9-26/h4-5,12-13,18H,6-11H2,1-3H3/q+1. The molecule has 0 saturated carbocycles. The molecule has 3 amide bonds. The lowest BCUT2D eigenvalue weighted by Crippen LogP contribution is -2.63. The highest BCUT2D eigenvalue weighted by molar-refractivity contribution is 6.31. The molecule has 0 aliphatic carbocycles. The summed E-state index contributed by atoms with van der Waals surface area (Å²) in [5, 5.41) is 0.662. The van der Waals surface area contributed by atoms with E-state index in [1.165, 1.54) is 9.80 Å². The predicted molar refractivity (Wildman–Crippen MR) is 119 cm³/mol. The number of carbonyl (C=O) groups excluding carboxylic acids is 2. The van der Waals surface area contributed by atoms with Gasteiger partial charge >= 0.3 is 12.0 Å². The summed E-state index contributed by atoms with van der Waals surface area (Å²) in [5.41, 5.74) is 2.77. The van der Waals surface area contributed by atoms with Crippen LogP contribution in [0.5, 0.6) is 0 Å². The molecule has 1 unspecified atom stereocenters. The molecule has 0 spiro atoms. The number of urea groups is 1. The van der Waals surface area contributed by atoms with Crippen LogP contribution in [-0.2, 0) is 9.53 Å². The Bertz CT molecular complexity index is 1140. The second kappa shape index (κ2) is 7.99. The van der Waals surface area contributed by atoms with E-state index in [9.17, 15) is 9.59 Å². The third-order valence-electron chi connectivity index (χ3n) is 6.37. The second-order valence-corrected chi connectivity index (χ2v) is 8.81. The monoisotopic (exact) mass is 457 g/mol. The van der Waals surface area contributed by atoms with Gasteiger partial charge in [-0.05, 0) is 31.5 Å². The van der Waals surface area contributed by atoms with Gasteiger partial charge in [-0.3, -0.25) is 19.5 Å². The van der Waals surface area contributed by atoms with Crippen molar-refractivity contribution in [3.63, 3.8) is 0 Å². The Kier molecular flexibility index (Phi) is 5.27. The number of morpholine rings is 1. The average molecular weight is 458 g/mol. The van der Waals surface area contributed by atoms with Gasteiger partial charge in [0.2, 0.25) is 11.9 Å². The van der Waals surface area contributed by atoms with Gasteiger partial charge in [0.1, 0.15) is 17.6 Å². The summed E-state index contributed by atoms with van der Waals surface area (Å²) >= 11 is 6.36. The van der Waals surface area contributed by atoms with Gasteiger partial charge in [0.15, 0.2) is 0 Å². The first-order valence-corrected chi connectivity index (χ1v) is 11.1. The predicted octanol–water partition coefficient (Wildman–Crippen LogP) is 1.85. The van der Waals surface area contributed by atoms with Crippen molar-refractivity contribution in [1.29, 1.82) is 0 Å². The number of benzene rings is 1. The fraction of sp³-hybridized carbons (Fsp3) is 0.455. The summed E-state index contributed by atoms with van der Waals surface area (Å²) in [6.45, 7) is 7.86. The number of amides is 3. The number of aliphatic imine (C=N–C) groups is 1. The van der Waals surface area contributed by atoms with Gasteiger partial charge in [-0.1, -0.05) is 22.7 Å². The minimum atomic E-state index is -0.654. The van der Waals surface area contributed by atoms with Gasteiger partial charge in [0, 0.05) is 38.2 Å². The van der Waals surface area contributed by atoms with E-state index < -0.39 is 6.04 Å². The van der Waals surface area contributed by atoms with Crippen LogP contribution in [0.25, 0.3) is 5.69 Å². The molecule has 5 rings (SSSR count). The van der Waals surface area contributed by atoms with E-state index in [2.05, 4.69) is 4.90 Å². The number of ether oxygens (including phenoxy) is 1. The number of hydrogen-bond donors (Lipinski definition) is 0. The van der Waals surface area contributed by atoms with E-state index >= 15 is 0 Å². The first-order chi connectivity index (χ1) is 15.4. The molecule has 0 N–H and O–H groups in total. The Morgan fingerprint density at radius 3 is 2.66 bits per heavy atom. The molecule has 4 heterocycles. The zero-order valence-electron chi connectivity index (χ0n) is 18.4. The van der Waals surface area contributed by atoms with Crippen molar-refractivity contribution in [3.05, 3.63) is 40.7 Å². The number of aromatic nitrogens is 2. The first kappa shape index (κ1) is 21.1. The van der Waals surface area contributed by atoms with Crippen LogP contribution < -0.4 is 4.57 Å². The molecule has 3 aliphatic heterocycles. The number of carbonyl (C=O) groups is 2. The van der Waals surface area contributed by atoms with Crippen molar-refractivity contribution in [1.82, 2.24) is 19.3 Å². The van der Waals surface area contributed by atoms with E-state index in [1.807, 2.05) is 47.4 Å². The largest absolute Gasteiger partial charge is 0.406 e. The van der Waals surface area contributed by atoms with Gasteiger partial charge in [-0.15, -0.1) is 0 Å². The molecule has 32 heavy (non-hydrogen) atoms. The molecule has 1 aromatic heterocycles. The van der Waals surface area contributed by atoms with Crippen LogP contribution in [0.3, 0.4) is 0 Å². The summed E-state index contributed by atoms with van der Waals surface area (Å²) in [6.07, 6.45) is 1.91. The van der Waals surface area contributed by atoms with Crippen LogP contribution in [0.4, 0.5) is 10.7 Å². The Hall–Kier alpha value is -2.75.